The van der Waals surface area contributed by atoms with Crippen LogP contribution in [0.25, 0.3) is 0 Å². The summed E-state index contributed by atoms with van der Waals surface area (Å²) in [6, 6.07) is 6.89. The fourth-order valence-electron chi connectivity index (χ4n) is 1.61. The molecule has 0 saturated carbocycles. The molecule has 1 heterocycles. The summed E-state index contributed by atoms with van der Waals surface area (Å²) in [4.78, 5) is 30.1. The van der Waals surface area contributed by atoms with Crippen LogP contribution in [0, 0.1) is 12.7 Å². The molecule has 0 fully saturated rings. The summed E-state index contributed by atoms with van der Waals surface area (Å²) in [6.07, 6.45) is 0. The zero-order chi connectivity index (χ0) is 15.4. The predicted octanol–water partition coefficient (Wildman–Crippen LogP) is 2.34. The first-order valence-electron chi connectivity index (χ1n) is 6.25. The number of carbonyl (C=O) groups excluding carboxylic acids is 1. The first-order valence-corrected chi connectivity index (χ1v) is 7.13. The van der Waals surface area contributed by atoms with Crippen molar-refractivity contribution in [2.45, 2.75) is 24.3 Å². The Bertz CT molecular complexity index is 700. The summed E-state index contributed by atoms with van der Waals surface area (Å²) in [7, 11) is 0. The Labute approximate surface area is 125 Å². The van der Waals surface area contributed by atoms with Crippen molar-refractivity contribution in [1.82, 2.24) is 9.97 Å². The van der Waals surface area contributed by atoms with E-state index in [9.17, 15) is 14.0 Å². The average Bonchev–Trinajstić information content (AvgIpc) is 2.40. The predicted molar refractivity (Wildman–Crippen MR) is 79.9 cm³/mol. The number of anilines is 1. The van der Waals surface area contributed by atoms with E-state index in [4.69, 9.17) is 0 Å². The number of rotatable bonds is 4. The zero-order valence-electron chi connectivity index (χ0n) is 11.5. The Morgan fingerprint density at radius 1 is 1.38 bits per heavy atom. The van der Waals surface area contributed by atoms with Gasteiger partial charge in [0.1, 0.15) is 5.82 Å². The third kappa shape index (κ3) is 4.42. The maximum absolute atomic E-state index is 12.8. The topological polar surface area (TPSA) is 74.8 Å². The number of carbonyl (C=O) groups is 1. The van der Waals surface area contributed by atoms with Crippen LogP contribution in [0.5, 0.6) is 0 Å². The second kappa shape index (κ2) is 6.53. The number of hydrogen-bond donors (Lipinski definition) is 2. The highest BCUT2D eigenvalue weighted by Crippen LogP contribution is 2.20. The van der Waals surface area contributed by atoms with Gasteiger partial charge in [-0.25, -0.2) is 9.37 Å². The van der Waals surface area contributed by atoms with Gasteiger partial charge in [0.2, 0.25) is 5.91 Å². The number of aromatic nitrogens is 2. The quantitative estimate of drug-likeness (QED) is 0.671. The van der Waals surface area contributed by atoms with Crippen molar-refractivity contribution in [1.29, 1.82) is 0 Å². The number of nitrogens with zero attached hydrogens (tertiary/aromatic N) is 1. The van der Waals surface area contributed by atoms with Gasteiger partial charge in [-0.05, 0) is 38.1 Å². The molecule has 0 bridgehead atoms. The van der Waals surface area contributed by atoms with Gasteiger partial charge in [-0.3, -0.25) is 9.59 Å². The molecule has 2 aromatic rings. The molecule has 1 aromatic heterocycles. The lowest BCUT2D eigenvalue weighted by atomic mass is 10.3. The molecule has 5 nitrogen and oxygen atoms in total. The van der Waals surface area contributed by atoms with Crippen molar-refractivity contribution in [2.24, 2.45) is 0 Å². The molecule has 0 radical (unpaired) electrons. The van der Waals surface area contributed by atoms with Gasteiger partial charge in [0.25, 0.3) is 5.56 Å². The van der Waals surface area contributed by atoms with Gasteiger partial charge in [-0.1, -0.05) is 11.8 Å². The van der Waals surface area contributed by atoms with E-state index >= 15 is 0 Å². The van der Waals surface area contributed by atoms with E-state index in [0.29, 0.717) is 16.5 Å². The number of aromatic amines is 1. The van der Waals surface area contributed by atoms with Crippen molar-refractivity contribution in [2.75, 3.05) is 5.32 Å². The fraction of sp³-hybridized carbons (Fsp3) is 0.214. The molecule has 1 aromatic carbocycles. The summed E-state index contributed by atoms with van der Waals surface area (Å²) in [5, 5.41) is 2.60. The van der Waals surface area contributed by atoms with Crippen molar-refractivity contribution < 1.29 is 9.18 Å². The molecule has 1 atom stereocenters. The highest BCUT2D eigenvalue weighted by atomic mass is 32.2. The van der Waals surface area contributed by atoms with Gasteiger partial charge < -0.3 is 10.3 Å². The molecule has 1 amide bonds. The zero-order valence-corrected chi connectivity index (χ0v) is 12.3. The highest BCUT2D eigenvalue weighted by Gasteiger charge is 2.16. The first-order chi connectivity index (χ1) is 9.94. The van der Waals surface area contributed by atoms with Gasteiger partial charge >= 0.3 is 0 Å². The van der Waals surface area contributed by atoms with Crippen LogP contribution in [0.3, 0.4) is 0 Å². The van der Waals surface area contributed by atoms with E-state index in [1.54, 1.807) is 13.8 Å². The summed E-state index contributed by atoms with van der Waals surface area (Å²) in [5.74, 6) is -0.618. The normalized spacial score (nSPS) is 12.0. The Balaban J connectivity index is 2.02. The van der Waals surface area contributed by atoms with E-state index in [0.717, 1.165) is 11.8 Å². The molecule has 0 spiro atoms. The molecule has 7 heteroatoms. The minimum absolute atomic E-state index is 0.254. The maximum atomic E-state index is 12.8. The smallest absolute Gasteiger partial charge is 0.251 e. The summed E-state index contributed by atoms with van der Waals surface area (Å²) < 4.78 is 12.8. The third-order valence-corrected chi connectivity index (χ3v) is 3.60. The molecule has 0 saturated heterocycles. The number of thioether (sulfide) groups is 1. The SMILES string of the molecule is Cc1cc(=O)[nH]c(S[C@H](C)C(=O)Nc2ccc(F)cc2)n1. The van der Waals surface area contributed by atoms with E-state index in [1.165, 1.54) is 30.3 Å². The lowest BCUT2D eigenvalue weighted by molar-refractivity contribution is -0.115. The minimum atomic E-state index is -0.458. The third-order valence-electron chi connectivity index (χ3n) is 2.62. The van der Waals surface area contributed by atoms with Gasteiger partial charge in [0, 0.05) is 17.4 Å². The van der Waals surface area contributed by atoms with Crippen molar-refractivity contribution in [3.8, 4) is 0 Å². The van der Waals surface area contributed by atoms with Crippen molar-refractivity contribution >= 4 is 23.4 Å². The van der Waals surface area contributed by atoms with Crippen LogP contribution < -0.4 is 10.9 Å². The lowest BCUT2D eigenvalue weighted by Gasteiger charge is -2.11. The highest BCUT2D eigenvalue weighted by molar-refractivity contribution is 8.00. The van der Waals surface area contributed by atoms with E-state index < -0.39 is 5.25 Å². The number of H-pyrrole nitrogens is 1. The largest absolute Gasteiger partial charge is 0.325 e. The molecule has 0 aliphatic carbocycles. The van der Waals surface area contributed by atoms with Crippen LogP contribution in [-0.2, 0) is 4.79 Å². The van der Waals surface area contributed by atoms with Crippen molar-refractivity contribution in [3.63, 3.8) is 0 Å². The maximum Gasteiger partial charge on any atom is 0.251 e. The van der Waals surface area contributed by atoms with Gasteiger partial charge in [-0.15, -0.1) is 0 Å². The van der Waals surface area contributed by atoms with Gasteiger partial charge in [0.15, 0.2) is 5.16 Å². The van der Waals surface area contributed by atoms with Gasteiger partial charge in [0.05, 0.1) is 5.25 Å². The summed E-state index contributed by atoms with van der Waals surface area (Å²) in [5.41, 5.74) is 0.850. The number of amides is 1. The number of nitrogens with one attached hydrogen (secondary N) is 2. The number of aryl methyl sites for hydroxylation is 1. The van der Waals surface area contributed by atoms with Crippen LogP contribution in [-0.4, -0.2) is 21.1 Å². The Hall–Kier alpha value is -2.15. The van der Waals surface area contributed by atoms with Gasteiger partial charge in [-0.2, -0.15) is 0 Å². The average molecular weight is 307 g/mol. The van der Waals surface area contributed by atoms with Crippen LogP contribution in [0.15, 0.2) is 40.3 Å². The molecule has 21 heavy (non-hydrogen) atoms. The second-order valence-corrected chi connectivity index (χ2v) is 5.78. The molecular formula is C14H14FN3O2S. The summed E-state index contributed by atoms with van der Waals surface area (Å²) in [6.45, 7) is 3.41. The van der Waals surface area contributed by atoms with Crippen LogP contribution in [0.2, 0.25) is 0 Å². The first kappa shape index (κ1) is 15.2. The monoisotopic (exact) mass is 307 g/mol. The van der Waals surface area contributed by atoms with Crippen molar-refractivity contribution in [3.05, 3.63) is 52.2 Å². The molecule has 0 unspecified atom stereocenters. The molecular weight excluding hydrogens is 293 g/mol. The standard InChI is InChI=1S/C14H14FN3O2S/c1-8-7-12(19)18-14(16-8)21-9(2)13(20)17-11-5-3-10(15)4-6-11/h3-7,9H,1-2H3,(H,17,20)(H,16,18,19)/t9-/m1/s1. The molecule has 2 N–H and O–H groups in total. The minimum Gasteiger partial charge on any atom is -0.325 e. The van der Waals surface area contributed by atoms with Crippen LogP contribution in [0.4, 0.5) is 10.1 Å². The Kier molecular flexibility index (Phi) is 4.74. The fourth-order valence-corrected chi connectivity index (χ4v) is 2.46. The van der Waals surface area contributed by atoms with Crippen LogP contribution >= 0.6 is 11.8 Å². The lowest BCUT2D eigenvalue weighted by Crippen LogP contribution is -2.23. The molecule has 110 valence electrons. The Morgan fingerprint density at radius 3 is 2.67 bits per heavy atom. The van der Waals surface area contributed by atoms with E-state index in [-0.39, 0.29) is 17.3 Å². The van der Waals surface area contributed by atoms with Crippen LogP contribution in [0.1, 0.15) is 12.6 Å². The molecule has 0 aliphatic rings. The number of halogens is 1. The number of hydrogen-bond acceptors (Lipinski definition) is 4. The Morgan fingerprint density at radius 2 is 2.05 bits per heavy atom. The molecule has 0 aliphatic heterocycles. The second-order valence-electron chi connectivity index (χ2n) is 4.45. The van der Waals surface area contributed by atoms with E-state index in [1.807, 2.05) is 0 Å². The molecule has 2 rings (SSSR count). The number of benzene rings is 1. The van der Waals surface area contributed by atoms with E-state index in [2.05, 4.69) is 15.3 Å². The summed E-state index contributed by atoms with van der Waals surface area (Å²) >= 11 is 1.15.